The van der Waals surface area contributed by atoms with Gasteiger partial charge >= 0.3 is 0 Å². The van der Waals surface area contributed by atoms with E-state index in [4.69, 9.17) is 39.8 Å². The van der Waals surface area contributed by atoms with E-state index in [9.17, 15) is 0 Å². The summed E-state index contributed by atoms with van der Waals surface area (Å²) in [6, 6.07) is 15.6. The van der Waals surface area contributed by atoms with Crippen molar-refractivity contribution >= 4 is 62.2 Å². The van der Waals surface area contributed by atoms with Gasteiger partial charge in [0.25, 0.3) is 0 Å². The second-order valence-corrected chi connectivity index (χ2v) is 10.6. The molecule has 2 aromatic carbocycles. The van der Waals surface area contributed by atoms with Gasteiger partial charge in [0.15, 0.2) is 5.65 Å². The monoisotopic (exact) mass is 577 g/mol. The van der Waals surface area contributed by atoms with Crippen molar-refractivity contribution in [3.05, 3.63) is 79.8 Å². The Morgan fingerprint density at radius 2 is 1.76 bits per heavy atom. The van der Waals surface area contributed by atoms with Crippen LogP contribution in [0.15, 0.2) is 59.2 Å². The van der Waals surface area contributed by atoms with Crippen LogP contribution in [0.25, 0.3) is 16.9 Å². The molecular formula is C25H23BrCl3N5. The Balaban J connectivity index is 1.27. The van der Waals surface area contributed by atoms with E-state index in [0.29, 0.717) is 21.0 Å². The number of hydrogen-bond acceptors (Lipinski definition) is 4. The van der Waals surface area contributed by atoms with Crippen LogP contribution in [-0.4, -0.2) is 39.1 Å². The minimum Gasteiger partial charge on any atom is -0.370 e. The fourth-order valence-corrected chi connectivity index (χ4v) is 5.34. The molecule has 34 heavy (non-hydrogen) atoms. The summed E-state index contributed by atoms with van der Waals surface area (Å²) >= 11 is 22.6. The number of halogens is 4. The number of rotatable bonds is 6. The molecule has 0 amide bonds. The average molecular weight is 580 g/mol. The fraction of sp³-hybridized carbons (Fsp3) is 0.280. The molecule has 2 aromatic heterocycles. The second kappa shape index (κ2) is 10.4. The third-order valence-electron chi connectivity index (χ3n) is 6.28. The molecule has 0 atom stereocenters. The van der Waals surface area contributed by atoms with E-state index in [-0.39, 0.29) is 0 Å². The third kappa shape index (κ3) is 5.07. The summed E-state index contributed by atoms with van der Waals surface area (Å²) in [5.41, 5.74) is 3.56. The Morgan fingerprint density at radius 3 is 2.56 bits per heavy atom. The van der Waals surface area contributed by atoms with Crippen molar-refractivity contribution in [1.82, 2.24) is 19.5 Å². The van der Waals surface area contributed by atoms with Crippen LogP contribution in [-0.2, 0) is 6.54 Å². The molecule has 5 rings (SSSR count). The van der Waals surface area contributed by atoms with Crippen LogP contribution in [0.3, 0.4) is 0 Å². The zero-order valence-electron chi connectivity index (χ0n) is 18.3. The van der Waals surface area contributed by atoms with E-state index in [1.165, 1.54) is 0 Å². The molecule has 1 fully saturated rings. The van der Waals surface area contributed by atoms with Crippen LogP contribution in [0.1, 0.15) is 18.4 Å². The van der Waals surface area contributed by atoms with Gasteiger partial charge in [0.05, 0.1) is 26.4 Å². The molecule has 0 unspecified atom stereocenters. The molecule has 176 valence electrons. The number of hydrogen-bond donors (Lipinski definition) is 1. The molecule has 9 heteroatoms. The lowest BCUT2D eigenvalue weighted by molar-refractivity contribution is 0.182. The minimum absolute atomic E-state index is 0.567. The number of aromatic nitrogens is 3. The van der Waals surface area contributed by atoms with Crippen LogP contribution in [0.2, 0.25) is 15.1 Å². The predicted octanol–water partition coefficient (Wildman–Crippen LogP) is 7.44. The van der Waals surface area contributed by atoms with Gasteiger partial charge in [-0.1, -0.05) is 65.1 Å². The van der Waals surface area contributed by atoms with Crippen molar-refractivity contribution in [2.24, 2.45) is 5.92 Å². The average Bonchev–Trinajstić information content (AvgIpc) is 3.22. The molecule has 5 nitrogen and oxygen atoms in total. The first-order chi connectivity index (χ1) is 16.5. The topological polar surface area (TPSA) is 45.5 Å². The number of nitrogens with zero attached hydrogens (tertiary/aromatic N) is 4. The highest BCUT2D eigenvalue weighted by molar-refractivity contribution is 9.10. The van der Waals surface area contributed by atoms with Crippen molar-refractivity contribution < 1.29 is 0 Å². The number of fused-ring (bicyclic) bond motifs is 1. The van der Waals surface area contributed by atoms with Crippen molar-refractivity contribution in [3.8, 4) is 11.3 Å². The zero-order valence-corrected chi connectivity index (χ0v) is 22.2. The van der Waals surface area contributed by atoms with Gasteiger partial charge in [0, 0.05) is 29.7 Å². The smallest absolute Gasteiger partial charge is 0.172 e. The highest BCUT2D eigenvalue weighted by Crippen LogP contribution is 2.31. The summed E-state index contributed by atoms with van der Waals surface area (Å²) in [6.07, 6.45) is 3.99. The van der Waals surface area contributed by atoms with Gasteiger partial charge in [-0.2, -0.15) is 9.61 Å². The molecule has 0 bridgehead atoms. The number of nitrogens with one attached hydrogen (secondary N) is 1. The minimum atomic E-state index is 0.567. The Morgan fingerprint density at radius 1 is 1.00 bits per heavy atom. The van der Waals surface area contributed by atoms with E-state index in [1.807, 2.05) is 47.0 Å². The number of piperidine rings is 1. The molecule has 1 saturated heterocycles. The van der Waals surface area contributed by atoms with Gasteiger partial charge in [0.2, 0.25) is 0 Å². The van der Waals surface area contributed by atoms with Crippen LogP contribution < -0.4 is 5.32 Å². The first kappa shape index (κ1) is 23.9. The summed E-state index contributed by atoms with van der Waals surface area (Å²) in [5, 5.41) is 10.1. The molecule has 0 radical (unpaired) electrons. The van der Waals surface area contributed by atoms with Gasteiger partial charge in [-0.3, -0.25) is 4.90 Å². The van der Waals surface area contributed by atoms with Crippen molar-refractivity contribution in [2.75, 3.05) is 25.0 Å². The molecule has 3 heterocycles. The predicted molar refractivity (Wildman–Crippen MR) is 144 cm³/mol. The highest BCUT2D eigenvalue weighted by atomic mass is 79.9. The van der Waals surface area contributed by atoms with Crippen molar-refractivity contribution in [1.29, 1.82) is 0 Å². The van der Waals surface area contributed by atoms with Crippen molar-refractivity contribution in [3.63, 3.8) is 0 Å². The Labute approximate surface area is 222 Å². The standard InChI is InChI=1S/C25H23BrCl3N5/c26-19-14-31-34-23(12-22(32-25(19)34)18-5-1-2-6-20(18)27)30-13-16-8-10-33(11-9-16)15-17-4-3-7-21(28)24(17)29/h1-7,12,14,16,30H,8-11,13,15H2. The fourth-order valence-electron chi connectivity index (χ4n) is 4.38. The van der Waals surface area contributed by atoms with E-state index >= 15 is 0 Å². The van der Waals surface area contributed by atoms with Crippen LogP contribution in [0.5, 0.6) is 0 Å². The Kier molecular flexibility index (Phi) is 7.32. The first-order valence-corrected chi connectivity index (χ1v) is 13.1. The maximum atomic E-state index is 6.45. The van der Waals surface area contributed by atoms with Crippen LogP contribution in [0, 0.1) is 5.92 Å². The Hall–Kier alpha value is -1.83. The maximum absolute atomic E-state index is 6.45. The molecular weight excluding hydrogens is 557 g/mol. The largest absolute Gasteiger partial charge is 0.370 e. The lowest BCUT2D eigenvalue weighted by Gasteiger charge is -2.32. The zero-order chi connectivity index (χ0) is 23.7. The normalized spacial score (nSPS) is 15.2. The van der Waals surface area contributed by atoms with E-state index < -0.39 is 0 Å². The number of benzene rings is 2. The molecule has 0 saturated carbocycles. The molecule has 0 aliphatic carbocycles. The summed E-state index contributed by atoms with van der Waals surface area (Å²) in [6.45, 7) is 3.75. The molecule has 1 N–H and O–H groups in total. The second-order valence-electron chi connectivity index (χ2n) is 8.55. The van der Waals surface area contributed by atoms with Gasteiger partial charge in [-0.05, 0) is 65.5 Å². The molecule has 4 aromatic rings. The summed E-state index contributed by atoms with van der Waals surface area (Å²) < 4.78 is 2.68. The summed E-state index contributed by atoms with van der Waals surface area (Å²) in [4.78, 5) is 7.23. The molecule has 1 aliphatic heterocycles. The van der Waals surface area contributed by atoms with E-state index in [1.54, 1.807) is 6.20 Å². The van der Waals surface area contributed by atoms with Gasteiger partial charge < -0.3 is 5.32 Å². The van der Waals surface area contributed by atoms with E-state index in [0.717, 1.165) is 71.8 Å². The maximum Gasteiger partial charge on any atom is 0.172 e. The van der Waals surface area contributed by atoms with Gasteiger partial charge in [0.1, 0.15) is 5.82 Å². The van der Waals surface area contributed by atoms with Crippen LogP contribution >= 0.6 is 50.7 Å². The van der Waals surface area contributed by atoms with Gasteiger partial charge in [-0.15, -0.1) is 0 Å². The third-order valence-corrected chi connectivity index (χ3v) is 8.03. The number of anilines is 1. The lowest BCUT2D eigenvalue weighted by atomic mass is 9.96. The van der Waals surface area contributed by atoms with Crippen molar-refractivity contribution in [2.45, 2.75) is 19.4 Å². The number of likely N-dealkylation sites (tertiary alicyclic amines) is 1. The summed E-state index contributed by atoms with van der Waals surface area (Å²) in [7, 11) is 0. The Bertz CT molecular complexity index is 1320. The van der Waals surface area contributed by atoms with Crippen LogP contribution in [0.4, 0.5) is 5.82 Å². The molecule has 1 aliphatic rings. The molecule has 0 spiro atoms. The quantitative estimate of drug-likeness (QED) is 0.258. The SMILES string of the molecule is Clc1ccccc1-c1cc(NCC2CCN(Cc3cccc(Cl)c3Cl)CC2)n2ncc(Br)c2n1. The van der Waals surface area contributed by atoms with E-state index in [2.05, 4.69) is 37.3 Å². The summed E-state index contributed by atoms with van der Waals surface area (Å²) in [5.74, 6) is 1.47. The lowest BCUT2D eigenvalue weighted by Crippen LogP contribution is -2.35. The highest BCUT2D eigenvalue weighted by Gasteiger charge is 2.21. The van der Waals surface area contributed by atoms with Gasteiger partial charge in [-0.25, -0.2) is 4.98 Å². The first-order valence-electron chi connectivity index (χ1n) is 11.2.